The van der Waals surface area contributed by atoms with Crippen molar-refractivity contribution in [1.82, 2.24) is 10.6 Å². The van der Waals surface area contributed by atoms with Crippen molar-refractivity contribution in [3.8, 4) is 0 Å². The zero-order chi connectivity index (χ0) is 13.3. The van der Waals surface area contributed by atoms with Gasteiger partial charge in [0, 0.05) is 20.1 Å². The Labute approximate surface area is 117 Å². The van der Waals surface area contributed by atoms with Gasteiger partial charge >= 0.3 is 0 Å². The third-order valence-electron chi connectivity index (χ3n) is 3.78. The number of hydrogen-bond acceptors (Lipinski definition) is 2. The topological polar surface area (TPSA) is 36.4 Å². The van der Waals surface area contributed by atoms with Gasteiger partial charge in [-0.2, -0.15) is 11.8 Å². The van der Waals surface area contributed by atoms with Crippen molar-refractivity contribution in [2.24, 2.45) is 10.4 Å². The lowest BCUT2D eigenvalue weighted by Crippen LogP contribution is -2.42. The van der Waals surface area contributed by atoms with E-state index in [2.05, 4.69) is 28.8 Å². The van der Waals surface area contributed by atoms with Gasteiger partial charge in [0.15, 0.2) is 5.96 Å². The number of nitrogens with zero attached hydrogens (tertiary/aromatic N) is 1. The molecule has 106 valence electrons. The van der Waals surface area contributed by atoms with E-state index in [4.69, 9.17) is 0 Å². The van der Waals surface area contributed by atoms with Crippen LogP contribution in [0.2, 0.25) is 0 Å². The van der Waals surface area contributed by atoms with Gasteiger partial charge in [0.25, 0.3) is 0 Å². The van der Waals surface area contributed by atoms with Crippen LogP contribution in [0.5, 0.6) is 0 Å². The van der Waals surface area contributed by atoms with Crippen LogP contribution < -0.4 is 10.6 Å². The fourth-order valence-corrected chi connectivity index (χ4v) is 2.99. The number of rotatable bonds is 7. The predicted molar refractivity (Wildman–Crippen MR) is 83.6 cm³/mol. The average Bonchev–Trinajstić information content (AvgIpc) is 2.80. The maximum Gasteiger partial charge on any atom is 0.190 e. The van der Waals surface area contributed by atoms with E-state index in [1.165, 1.54) is 44.3 Å². The largest absolute Gasteiger partial charge is 0.356 e. The molecule has 3 nitrogen and oxygen atoms in total. The zero-order valence-electron chi connectivity index (χ0n) is 12.2. The first-order valence-corrected chi connectivity index (χ1v) is 8.53. The van der Waals surface area contributed by atoms with Crippen molar-refractivity contribution in [2.45, 2.75) is 45.4 Å². The van der Waals surface area contributed by atoms with Gasteiger partial charge in [0.2, 0.25) is 0 Å². The van der Waals surface area contributed by atoms with Crippen LogP contribution in [0.3, 0.4) is 0 Å². The number of aliphatic imine (C=N–C) groups is 1. The molecule has 0 aromatic carbocycles. The fourth-order valence-electron chi connectivity index (χ4n) is 2.50. The maximum absolute atomic E-state index is 4.29. The normalized spacial score (nSPS) is 18.9. The number of thioether (sulfide) groups is 1. The Hall–Kier alpha value is -0.380. The highest BCUT2D eigenvalue weighted by molar-refractivity contribution is 7.98. The minimum atomic E-state index is 0.483. The summed E-state index contributed by atoms with van der Waals surface area (Å²) < 4.78 is 0. The van der Waals surface area contributed by atoms with Gasteiger partial charge in [-0.25, -0.2) is 0 Å². The van der Waals surface area contributed by atoms with E-state index in [1.807, 2.05) is 18.8 Å². The molecule has 0 aromatic rings. The van der Waals surface area contributed by atoms with Gasteiger partial charge in [0.05, 0.1) is 0 Å². The van der Waals surface area contributed by atoms with Gasteiger partial charge in [-0.1, -0.05) is 19.8 Å². The van der Waals surface area contributed by atoms with Crippen molar-refractivity contribution < 1.29 is 0 Å². The SMILES string of the molecule is CN=C(NCCCCSC)NCC1(C)CCCC1. The quantitative estimate of drug-likeness (QED) is 0.425. The molecule has 0 amide bonds. The highest BCUT2D eigenvalue weighted by Gasteiger charge is 2.28. The van der Waals surface area contributed by atoms with Crippen LogP contribution in [0.4, 0.5) is 0 Å². The van der Waals surface area contributed by atoms with Crippen molar-refractivity contribution in [3.05, 3.63) is 0 Å². The summed E-state index contributed by atoms with van der Waals surface area (Å²) in [7, 11) is 1.86. The molecule has 1 fully saturated rings. The highest BCUT2D eigenvalue weighted by atomic mass is 32.2. The molecule has 4 heteroatoms. The highest BCUT2D eigenvalue weighted by Crippen LogP contribution is 2.36. The average molecular weight is 271 g/mol. The van der Waals surface area contributed by atoms with E-state index < -0.39 is 0 Å². The van der Waals surface area contributed by atoms with E-state index in [-0.39, 0.29) is 0 Å². The summed E-state index contributed by atoms with van der Waals surface area (Å²) in [6, 6.07) is 0. The van der Waals surface area contributed by atoms with E-state index in [9.17, 15) is 0 Å². The first-order chi connectivity index (χ1) is 8.70. The Morgan fingerprint density at radius 3 is 2.56 bits per heavy atom. The molecule has 18 heavy (non-hydrogen) atoms. The molecular weight excluding hydrogens is 242 g/mol. The number of guanidine groups is 1. The molecule has 0 spiro atoms. The summed E-state index contributed by atoms with van der Waals surface area (Å²) in [5, 5.41) is 6.88. The van der Waals surface area contributed by atoms with Gasteiger partial charge in [-0.05, 0) is 43.1 Å². The van der Waals surface area contributed by atoms with E-state index in [1.54, 1.807) is 0 Å². The second-order valence-electron chi connectivity index (χ2n) is 5.57. The number of unbranched alkanes of at least 4 members (excludes halogenated alkanes) is 1. The number of hydrogen-bond donors (Lipinski definition) is 2. The lowest BCUT2D eigenvalue weighted by molar-refractivity contribution is 0.334. The molecule has 0 unspecified atom stereocenters. The van der Waals surface area contributed by atoms with Crippen LogP contribution in [0.15, 0.2) is 4.99 Å². The second-order valence-corrected chi connectivity index (χ2v) is 6.56. The van der Waals surface area contributed by atoms with Gasteiger partial charge < -0.3 is 10.6 Å². The van der Waals surface area contributed by atoms with E-state index >= 15 is 0 Å². The van der Waals surface area contributed by atoms with Crippen molar-refractivity contribution in [2.75, 3.05) is 32.1 Å². The lowest BCUT2D eigenvalue weighted by Gasteiger charge is -2.25. The molecule has 1 saturated carbocycles. The molecule has 0 aliphatic heterocycles. The lowest BCUT2D eigenvalue weighted by atomic mass is 9.89. The van der Waals surface area contributed by atoms with Crippen LogP contribution in [0, 0.1) is 5.41 Å². The van der Waals surface area contributed by atoms with Crippen molar-refractivity contribution in [3.63, 3.8) is 0 Å². The van der Waals surface area contributed by atoms with Crippen LogP contribution in [-0.4, -0.2) is 38.1 Å². The smallest absolute Gasteiger partial charge is 0.190 e. The first-order valence-electron chi connectivity index (χ1n) is 7.14. The molecule has 1 rings (SSSR count). The van der Waals surface area contributed by atoms with Gasteiger partial charge in [-0.15, -0.1) is 0 Å². The summed E-state index contributed by atoms with van der Waals surface area (Å²) in [5.74, 6) is 2.22. The van der Waals surface area contributed by atoms with Crippen LogP contribution in [-0.2, 0) is 0 Å². The summed E-state index contributed by atoms with van der Waals surface area (Å²) >= 11 is 1.92. The maximum atomic E-state index is 4.29. The molecule has 2 N–H and O–H groups in total. The van der Waals surface area contributed by atoms with Gasteiger partial charge in [-0.3, -0.25) is 4.99 Å². The van der Waals surface area contributed by atoms with Crippen molar-refractivity contribution in [1.29, 1.82) is 0 Å². The van der Waals surface area contributed by atoms with Crippen molar-refractivity contribution >= 4 is 17.7 Å². The number of nitrogens with one attached hydrogen (secondary N) is 2. The standard InChI is InChI=1S/C14H29N3S/c1-14(8-4-5-9-14)12-17-13(15-2)16-10-6-7-11-18-3/h4-12H2,1-3H3,(H2,15,16,17). The molecule has 0 aromatic heterocycles. The minimum absolute atomic E-state index is 0.483. The summed E-state index contributed by atoms with van der Waals surface area (Å²) in [6.45, 7) is 4.47. The van der Waals surface area contributed by atoms with Crippen LogP contribution in [0.25, 0.3) is 0 Å². The molecule has 0 bridgehead atoms. The molecule has 0 atom stereocenters. The summed E-state index contributed by atoms with van der Waals surface area (Å²) in [4.78, 5) is 4.29. The third kappa shape index (κ3) is 5.98. The fraction of sp³-hybridized carbons (Fsp3) is 0.929. The molecule has 1 aliphatic rings. The second kappa shape index (κ2) is 8.68. The Kier molecular flexibility index (Phi) is 7.56. The van der Waals surface area contributed by atoms with E-state index in [0.29, 0.717) is 5.41 Å². The minimum Gasteiger partial charge on any atom is -0.356 e. The Morgan fingerprint density at radius 1 is 1.22 bits per heavy atom. The monoisotopic (exact) mass is 271 g/mol. The Morgan fingerprint density at radius 2 is 1.94 bits per heavy atom. The molecular formula is C14H29N3S. The predicted octanol–water partition coefficient (Wildman–Crippen LogP) is 2.87. The molecule has 0 saturated heterocycles. The van der Waals surface area contributed by atoms with Gasteiger partial charge in [0.1, 0.15) is 0 Å². The Balaban J connectivity index is 2.13. The van der Waals surface area contributed by atoms with Crippen LogP contribution in [0.1, 0.15) is 45.4 Å². The first kappa shape index (κ1) is 15.7. The Bertz CT molecular complexity index is 247. The molecule has 1 aliphatic carbocycles. The third-order valence-corrected chi connectivity index (χ3v) is 4.48. The summed E-state index contributed by atoms with van der Waals surface area (Å²) in [6.07, 6.45) is 10.1. The molecule has 0 heterocycles. The summed E-state index contributed by atoms with van der Waals surface area (Å²) in [5.41, 5.74) is 0.483. The van der Waals surface area contributed by atoms with E-state index in [0.717, 1.165) is 19.0 Å². The van der Waals surface area contributed by atoms with Crippen LogP contribution >= 0.6 is 11.8 Å². The molecule has 0 radical (unpaired) electrons. The zero-order valence-corrected chi connectivity index (χ0v) is 13.0.